The number of aromatic nitrogens is 1. The van der Waals surface area contributed by atoms with Crippen molar-refractivity contribution in [3.63, 3.8) is 0 Å². The van der Waals surface area contributed by atoms with Crippen LogP contribution in [0.2, 0.25) is 0 Å². The van der Waals surface area contributed by atoms with E-state index in [0.717, 1.165) is 16.0 Å². The van der Waals surface area contributed by atoms with Gasteiger partial charge in [0.1, 0.15) is 29.8 Å². The number of aliphatic hydroxyl groups excluding tert-OH is 1. The number of ether oxygens (including phenoxy) is 2. The average molecular weight is 561 g/mol. The van der Waals surface area contributed by atoms with E-state index in [1.165, 1.54) is 17.5 Å². The van der Waals surface area contributed by atoms with Crippen LogP contribution >= 0.6 is 11.3 Å². The number of para-hydroxylation sites is 1. The third kappa shape index (κ3) is 7.66. The summed E-state index contributed by atoms with van der Waals surface area (Å²) in [5.74, 6) is 0.248. The van der Waals surface area contributed by atoms with Gasteiger partial charge in [-0.25, -0.2) is 4.98 Å². The molecule has 9 nitrogen and oxygen atoms in total. The number of pyridine rings is 1. The van der Waals surface area contributed by atoms with Gasteiger partial charge in [-0.05, 0) is 74.4 Å². The summed E-state index contributed by atoms with van der Waals surface area (Å²) in [4.78, 5) is 28.5. The van der Waals surface area contributed by atoms with Crippen LogP contribution in [-0.2, 0) is 6.42 Å². The number of nitrogens with one attached hydrogen (secondary N) is 1. The van der Waals surface area contributed by atoms with Gasteiger partial charge in [0.15, 0.2) is 0 Å². The molecule has 10 heteroatoms. The van der Waals surface area contributed by atoms with Crippen LogP contribution in [0.5, 0.6) is 17.4 Å². The van der Waals surface area contributed by atoms with Gasteiger partial charge in [-0.2, -0.15) is 0 Å². The molecule has 0 spiro atoms. The molecule has 4 aromatic rings. The second-order valence-corrected chi connectivity index (χ2v) is 11.0. The average Bonchev–Trinajstić information content (AvgIpc) is 3.43. The van der Waals surface area contributed by atoms with Gasteiger partial charge >= 0.3 is 0 Å². The van der Waals surface area contributed by atoms with Crippen LogP contribution < -0.4 is 26.3 Å². The van der Waals surface area contributed by atoms with Crippen molar-refractivity contribution in [1.29, 1.82) is 0 Å². The first-order valence-corrected chi connectivity index (χ1v) is 13.5. The van der Waals surface area contributed by atoms with E-state index < -0.39 is 17.9 Å². The molecule has 2 aromatic carbocycles. The molecule has 0 aliphatic carbocycles. The van der Waals surface area contributed by atoms with Gasteiger partial charge in [0.25, 0.3) is 11.8 Å². The summed E-state index contributed by atoms with van der Waals surface area (Å²) in [6.07, 6.45) is 1.48. The van der Waals surface area contributed by atoms with Crippen LogP contribution in [0.25, 0.3) is 10.4 Å². The number of hydrogen-bond donors (Lipinski definition) is 4. The van der Waals surface area contributed by atoms with Crippen molar-refractivity contribution in [2.24, 2.45) is 11.5 Å². The Balaban J connectivity index is 1.29. The predicted octanol–water partition coefficient (Wildman–Crippen LogP) is 4.15. The number of primary amides is 2. The first-order valence-electron chi connectivity index (χ1n) is 12.7. The number of nitrogens with zero attached hydrogens (tertiary/aromatic N) is 1. The third-order valence-corrected chi connectivity index (χ3v) is 7.20. The van der Waals surface area contributed by atoms with Gasteiger partial charge < -0.3 is 31.4 Å². The van der Waals surface area contributed by atoms with Crippen molar-refractivity contribution < 1.29 is 24.2 Å². The van der Waals surface area contributed by atoms with Crippen LogP contribution in [0.3, 0.4) is 0 Å². The number of benzene rings is 2. The summed E-state index contributed by atoms with van der Waals surface area (Å²) in [7, 11) is 0. The monoisotopic (exact) mass is 560 g/mol. The highest BCUT2D eigenvalue weighted by Crippen LogP contribution is 2.35. The zero-order chi connectivity index (χ0) is 28.7. The first kappa shape index (κ1) is 28.8. The van der Waals surface area contributed by atoms with Gasteiger partial charge in [0, 0.05) is 28.7 Å². The molecular formula is C30H32N4O5S. The Morgan fingerprint density at radius 3 is 2.45 bits per heavy atom. The fraction of sp³-hybridized carbons (Fsp3) is 0.233. The molecule has 0 bridgehead atoms. The summed E-state index contributed by atoms with van der Waals surface area (Å²) >= 11 is 1.30. The molecular weight excluding hydrogens is 528 g/mol. The van der Waals surface area contributed by atoms with E-state index in [1.807, 2.05) is 54.6 Å². The van der Waals surface area contributed by atoms with Crippen molar-refractivity contribution in [1.82, 2.24) is 10.3 Å². The lowest BCUT2D eigenvalue weighted by Crippen LogP contribution is -2.46. The lowest BCUT2D eigenvalue weighted by atomic mass is 9.94. The first-order chi connectivity index (χ1) is 19.1. The quantitative estimate of drug-likeness (QED) is 0.192. The van der Waals surface area contributed by atoms with E-state index in [4.69, 9.17) is 20.9 Å². The fourth-order valence-electron chi connectivity index (χ4n) is 4.07. The van der Waals surface area contributed by atoms with Crippen molar-refractivity contribution >= 4 is 23.2 Å². The van der Waals surface area contributed by atoms with Gasteiger partial charge in [-0.15, -0.1) is 11.3 Å². The minimum Gasteiger partial charge on any atom is -0.490 e. The Kier molecular flexibility index (Phi) is 9.15. The minimum atomic E-state index is -0.745. The molecule has 6 N–H and O–H groups in total. The number of hydrogen-bond acceptors (Lipinski definition) is 8. The number of rotatable bonds is 13. The predicted molar refractivity (Wildman–Crippen MR) is 155 cm³/mol. The van der Waals surface area contributed by atoms with Crippen LogP contribution in [0, 0.1) is 0 Å². The Morgan fingerprint density at radius 1 is 1.00 bits per heavy atom. The number of thiophene rings is 1. The number of amides is 2. The summed E-state index contributed by atoms with van der Waals surface area (Å²) in [6, 6.07) is 21.7. The Morgan fingerprint density at radius 2 is 1.75 bits per heavy atom. The molecule has 0 saturated carbocycles. The second-order valence-electron chi connectivity index (χ2n) is 9.90. The topological polar surface area (TPSA) is 150 Å². The molecule has 4 rings (SSSR count). The van der Waals surface area contributed by atoms with Crippen molar-refractivity contribution in [2.45, 2.75) is 31.9 Å². The maximum absolute atomic E-state index is 11.6. The lowest BCUT2D eigenvalue weighted by molar-refractivity contribution is 0.0991. The van der Waals surface area contributed by atoms with Crippen LogP contribution in [0.15, 0.2) is 79.0 Å². The van der Waals surface area contributed by atoms with Gasteiger partial charge in [-0.1, -0.05) is 24.3 Å². The van der Waals surface area contributed by atoms with Gasteiger partial charge in [0.05, 0.1) is 4.88 Å². The normalized spacial score (nSPS) is 12.1. The summed E-state index contributed by atoms with van der Waals surface area (Å²) in [5.41, 5.74) is 12.6. The van der Waals surface area contributed by atoms with Gasteiger partial charge in [0.2, 0.25) is 5.88 Å². The summed E-state index contributed by atoms with van der Waals surface area (Å²) in [5, 5.41) is 14.0. The molecule has 0 aliphatic rings. The zero-order valence-corrected chi connectivity index (χ0v) is 23.1. The van der Waals surface area contributed by atoms with E-state index in [-0.39, 0.29) is 23.6 Å². The van der Waals surface area contributed by atoms with Crippen LogP contribution in [-0.4, -0.2) is 46.7 Å². The fourth-order valence-corrected chi connectivity index (χ4v) is 4.96. The van der Waals surface area contributed by atoms with E-state index in [2.05, 4.69) is 24.1 Å². The summed E-state index contributed by atoms with van der Waals surface area (Å²) < 4.78 is 11.7. The molecule has 0 radical (unpaired) electrons. The van der Waals surface area contributed by atoms with E-state index in [0.29, 0.717) is 29.3 Å². The highest BCUT2D eigenvalue weighted by molar-refractivity contribution is 7.17. The molecule has 2 amide bonds. The molecule has 2 aromatic heterocycles. The largest absolute Gasteiger partial charge is 0.490 e. The molecule has 2 heterocycles. The Bertz CT molecular complexity index is 1470. The zero-order valence-electron chi connectivity index (χ0n) is 22.3. The molecule has 0 aliphatic heterocycles. The van der Waals surface area contributed by atoms with E-state index >= 15 is 0 Å². The number of carbonyl (C=O) groups is 2. The van der Waals surface area contributed by atoms with Crippen LogP contribution in [0.1, 0.15) is 39.4 Å². The number of aliphatic hydroxyl groups is 1. The molecule has 1 atom stereocenters. The molecule has 0 fully saturated rings. The second kappa shape index (κ2) is 12.7. The molecule has 0 unspecified atom stereocenters. The number of nitrogens with two attached hydrogens (primary N) is 2. The number of carbonyl (C=O) groups excluding carboxylic acids is 2. The lowest BCUT2D eigenvalue weighted by Gasteiger charge is -2.28. The number of β-amino-alcohol motifs (C(OH)–C–C–N with tert-alkyl or cyclic N) is 1. The Hall–Kier alpha value is -4.25. The maximum atomic E-state index is 11.6. The minimum absolute atomic E-state index is 0.0982. The van der Waals surface area contributed by atoms with Gasteiger partial charge in [-0.3, -0.25) is 9.59 Å². The molecule has 208 valence electrons. The molecule has 0 saturated heterocycles. The highest BCUT2D eigenvalue weighted by Gasteiger charge is 2.20. The highest BCUT2D eigenvalue weighted by atomic mass is 32.1. The van der Waals surface area contributed by atoms with Crippen LogP contribution in [0.4, 0.5) is 0 Å². The van der Waals surface area contributed by atoms with Crippen molar-refractivity contribution in [2.75, 3.05) is 13.2 Å². The van der Waals surface area contributed by atoms with E-state index in [1.54, 1.807) is 18.2 Å². The molecule has 40 heavy (non-hydrogen) atoms. The maximum Gasteiger partial charge on any atom is 0.258 e. The SMILES string of the molecule is CC(C)(Cc1ccc(Oc2ncccc2C(N)=O)cc1)NC[C@H](O)COc1ccccc1-c1ccc(C(N)=O)s1. The van der Waals surface area contributed by atoms with E-state index in [9.17, 15) is 14.7 Å². The van der Waals surface area contributed by atoms with Crippen molar-refractivity contribution in [3.8, 4) is 27.8 Å². The van der Waals surface area contributed by atoms with Crippen molar-refractivity contribution in [3.05, 3.63) is 95.0 Å². The smallest absolute Gasteiger partial charge is 0.258 e. The Labute approximate surface area is 236 Å². The third-order valence-electron chi connectivity index (χ3n) is 6.07. The standard InChI is InChI=1S/C30H32N4O5S/c1-30(2,16-19-9-11-21(12-10-19)39-29-23(27(31)36)7-5-15-33-29)34-17-20(35)18-38-24-8-4-3-6-22(24)25-13-14-26(40-25)28(32)37/h3-15,20,34-35H,16-18H2,1-2H3,(H2,31,36)(H2,32,37)/t20-/m0/s1. The summed E-state index contributed by atoms with van der Waals surface area (Å²) in [6.45, 7) is 4.54.